The molecule has 2 N–H and O–H groups in total. The molecule has 4 nitrogen and oxygen atoms in total. The van der Waals surface area contributed by atoms with Gasteiger partial charge in [-0.25, -0.2) is 4.79 Å². The van der Waals surface area contributed by atoms with Crippen LogP contribution >= 0.6 is 0 Å². The molecule has 2 amide bonds. The van der Waals surface area contributed by atoms with Crippen LogP contribution in [0, 0.1) is 5.92 Å². The van der Waals surface area contributed by atoms with E-state index in [9.17, 15) is 4.79 Å². The highest BCUT2D eigenvalue weighted by molar-refractivity contribution is 5.75. The largest absolute Gasteiger partial charge is 0.363 e. The maximum Gasteiger partial charge on any atom is 0.317 e. The van der Waals surface area contributed by atoms with Crippen molar-refractivity contribution in [2.45, 2.75) is 31.2 Å². The Morgan fingerprint density at radius 2 is 2.09 bits per heavy atom. The van der Waals surface area contributed by atoms with E-state index >= 15 is 0 Å². The Bertz CT molecular complexity index is 653. The lowest BCUT2D eigenvalue weighted by Crippen LogP contribution is -2.40. The van der Waals surface area contributed by atoms with Crippen molar-refractivity contribution in [3.63, 3.8) is 0 Å². The van der Waals surface area contributed by atoms with E-state index in [4.69, 9.17) is 0 Å². The van der Waals surface area contributed by atoms with Gasteiger partial charge in [-0.1, -0.05) is 30.3 Å². The third kappa shape index (κ3) is 2.98. The molecule has 0 radical (unpaired) electrons. The lowest BCUT2D eigenvalue weighted by molar-refractivity contribution is 0.191. The molecule has 2 aliphatic rings. The van der Waals surface area contributed by atoms with Gasteiger partial charge >= 0.3 is 6.03 Å². The second kappa shape index (κ2) is 6.11. The van der Waals surface area contributed by atoms with Gasteiger partial charge in [-0.2, -0.15) is 0 Å². The molecule has 1 aromatic carbocycles. The van der Waals surface area contributed by atoms with Gasteiger partial charge in [0.15, 0.2) is 0 Å². The molecule has 4 rings (SSSR count). The molecule has 1 aliphatic heterocycles. The monoisotopic (exact) mass is 309 g/mol. The quantitative estimate of drug-likeness (QED) is 0.889. The van der Waals surface area contributed by atoms with Crippen LogP contribution in [0.3, 0.4) is 0 Å². The Labute approximate surface area is 136 Å². The number of hydrogen-bond acceptors (Lipinski definition) is 1. The highest BCUT2D eigenvalue weighted by atomic mass is 16.2. The Morgan fingerprint density at radius 3 is 2.87 bits per heavy atom. The van der Waals surface area contributed by atoms with Crippen LogP contribution in [0.2, 0.25) is 0 Å². The summed E-state index contributed by atoms with van der Waals surface area (Å²) in [5, 5.41) is 3.15. The lowest BCUT2D eigenvalue weighted by atomic mass is 10.1. The van der Waals surface area contributed by atoms with E-state index in [2.05, 4.69) is 46.7 Å². The number of nitrogens with one attached hydrogen (secondary N) is 2. The zero-order valence-corrected chi connectivity index (χ0v) is 13.2. The summed E-state index contributed by atoms with van der Waals surface area (Å²) in [5.74, 6) is 1.21. The minimum Gasteiger partial charge on any atom is -0.363 e. The number of hydrogen-bond donors (Lipinski definition) is 2. The maximum atomic E-state index is 12.5. The number of aromatic amines is 1. The van der Waals surface area contributed by atoms with Gasteiger partial charge in [0, 0.05) is 25.0 Å². The smallest absolute Gasteiger partial charge is 0.317 e. The van der Waals surface area contributed by atoms with Crippen molar-refractivity contribution in [3.05, 3.63) is 59.9 Å². The van der Waals surface area contributed by atoms with Crippen LogP contribution in [-0.2, 0) is 0 Å². The second-order valence-corrected chi connectivity index (χ2v) is 6.68. The molecule has 2 aromatic rings. The van der Waals surface area contributed by atoms with Gasteiger partial charge in [-0.05, 0) is 48.8 Å². The normalized spacial score (nSPS) is 26.3. The van der Waals surface area contributed by atoms with E-state index in [1.165, 1.54) is 12.0 Å². The van der Waals surface area contributed by atoms with Crippen LogP contribution < -0.4 is 5.32 Å². The Balaban J connectivity index is 1.31. The number of rotatable bonds is 4. The van der Waals surface area contributed by atoms with Gasteiger partial charge < -0.3 is 15.2 Å². The number of H-pyrrole nitrogens is 1. The van der Waals surface area contributed by atoms with Crippen LogP contribution in [0.1, 0.15) is 42.5 Å². The summed E-state index contributed by atoms with van der Waals surface area (Å²) in [7, 11) is 0. The zero-order valence-electron chi connectivity index (χ0n) is 13.2. The molecule has 2 heterocycles. The minimum absolute atomic E-state index is 0.0841. The lowest BCUT2D eigenvalue weighted by Gasteiger charge is -2.24. The number of aromatic nitrogens is 1. The third-order valence-corrected chi connectivity index (χ3v) is 5.16. The molecule has 1 saturated carbocycles. The SMILES string of the molecule is O=C(NC[C@@H]1C[C@@H]1c1ccccc1)N1CCC[C@@H]1c1ccc[nH]1. The van der Waals surface area contributed by atoms with Crippen molar-refractivity contribution in [2.24, 2.45) is 5.92 Å². The number of amides is 2. The summed E-state index contributed by atoms with van der Waals surface area (Å²) in [6.45, 7) is 1.63. The summed E-state index contributed by atoms with van der Waals surface area (Å²) in [6, 6.07) is 15.0. The van der Waals surface area contributed by atoms with Crippen LogP contribution in [0.15, 0.2) is 48.7 Å². The number of nitrogens with zero attached hydrogens (tertiary/aromatic N) is 1. The van der Waals surface area contributed by atoms with E-state index in [1.54, 1.807) is 0 Å². The van der Waals surface area contributed by atoms with Gasteiger partial charge in [0.25, 0.3) is 0 Å². The fourth-order valence-corrected chi connectivity index (χ4v) is 3.79. The first-order chi connectivity index (χ1) is 11.3. The van der Waals surface area contributed by atoms with Crippen molar-refractivity contribution in [1.82, 2.24) is 15.2 Å². The molecular formula is C19H23N3O. The van der Waals surface area contributed by atoms with Crippen molar-refractivity contribution < 1.29 is 4.79 Å². The average molecular weight is 309 g/mol. The summed E-state index contributed by atoms with van der Waals surface area (Å²) in [4.78, 5) is 17.8. The van der Waals surface area contributed by atoms with Gasteiger partial charge in [0.05, 0.1) is 6.04 Å². The fraction of sp³-hybridized carbons (Fsp3) is 0.421. The van der Waals surface area contributed by atoms with Crippen molar-refractivity contribution in [2.75, 3.05) is 13.1 Å². The van der Waals surface area contributed by atoms with Crippen LogP contribution in [-0.4, -0.2) is 29.0 Å². The topological polar surface area (TPSA) is 48.1 Å². The summed E-state index contributed by atoms with van der Waals surface area (Å²) >= 11 is 0. The number of carbonyl (C=O) groups excluding carboxylic acids is 1. The molecular weight excluding hydrogens is 286 g/mol. The first-order valence-corrected chi connectivity index (χ1v) is 8.55. The molecule has 2 fully saturated rings. The van der Waals surface area contributed by atoms with E-state index in [0.29, 0.717) is 11.8 Å². The maximum absolute atomic E-state index is 12.5. The number of urea groups is 1. The summed E-state index contributed by atoms with van der Waals surface area (Å²) < 4.78 is 0. The molecule has 3 atom stereocenters. The van der Waals surface area contributed by atoms with Gasteiger partial charge in [-0.15, -0.1) is 0 Å². The third-order valence-electron chi connectivity index (χ3n) is 5.16. The minimum atomic E-state index is 0.0841. The molecule has 1 saturated heterocycles. The molecule has 0 bridgehead atoms. The standard InChI is InChI=1S/C19H23N3O/c23-19(22-11-5-9-18(22)17-8-4-10-20-17)21-13-15-12-16(15)14-6-2-1-3-7-14/h1-4,6-8,10,15-16,18,20H,5,9,11-13H2,(H,21,23)/t15-,16+,18+/m0/s1. The number of likely N-dealkylation sites (tertiary alicyclic amines) is 1. The van der Waals surface area contributed by atoms with Crippen LogP contribution in [0.5, 0.6) is 0 Å². The van der Waals surface area contributed by atoms with Gasteiger partial charge in [0.2, 0.25) is 0 Å². The second-order valence-electron chi connectivity index (χ2n) is 6.68. The van der Waals surface area contributed by atoms with Gasteiger partial charge in [-0.3, -0.25) is 0 Å². The zero-order chi connectivity index (χ0) is 15.6. The molecule has 120 valence electrons. The highest BCUT2D eigenvalue weighted by Crippen LogP contribution is 2.46. The first-order valence-electron chi connectivity index (χ1n) is 8.55. The average Bonchev–Trinajstić information content (AvgIpc) is 2.99. The van der Waals surface area contributed by atoms with Crippen molar-refractivity contribution >= 4 is 6.03 Å². The molecule has 0 unspecified atom stereocenters. The van der Waals surface area contributed by atoms with E-state index in [1.807, 2.05) is 17.2 Å². The summed E-state index contributed by atoms with van der Waals surface area (Å²) in [6.07, 6.45) is 5.24. The van der Waals surface area contributed by atoms with Gasteiger partial charge in [0.1, 0.15) is 0 Å². The van der Waals surface area contributed by atoms with Crippen molar-refractivity contribution in [1.29, 1.82) is 0 Å². The summed E-state index contributed by atoms with van der Waals surface area (Å²) in [5.41, 5.74) is 2.54. The van der Waals surface area contributed by atoms with E-state index in [0.717, 1.165) is 31.6 Å². The molecule has 1 aliphatic carbocycles. The van der Waals surface area contributed by atoms with Crippen LogP contribution in [0.4, 0.5) is 4.79 Å². The van der Waals surface area contributed by atoms with E-state index < -0.39 is 0 Å². The van der Waals surface area contributed by atoms with Crippen molar-refractivity contribution in [3.8, 4) is 0 Å². The molecule has 1 aromatic heterocycles. The van der Waals surface area contributed by atoms with E-state index in [-0.39, 0.29) is 12.1 Å². The Hall–Kier alpha value is -2.23. The molecule has 23 heavy (non-hydrogen) atoms. The predicted octanol–water partition coefficient (Wildman–Crippen LogP) is 3.66. The molecule has 0 spiro atoms. The Morgan fingerprint density at radius 1 is 1.22 bits per heavy atom. The number of carbonyl (C=O) groups is 1. The molecule has 4 heteroatoms. The Kier molecular flexibility index (Phi) is 3.82. The van der Waals surface area contributed by atoms with Crippen LogP contribution in [0.25, 0.3) is 0 Å². The first kappa shape index (κ1) is 14.4. The fourth-order valence-electron chi connectivity index (χ4n) is 3.79. The predicted molar refractivity (Wildman–Crippen MR) is 90.2 cm³/mol. The number of benzene rings is 1. The highest BCUT2D eigenvalue weighted by Gasteiger charge is 2.39.